The van der Waals surface area contributed by atoms with E-state index in [0.29, 0.717) is 32.2 Å². The molecule has 176 valence electrons. The van der Waals surface area contributed by atoms with E-state index in [0.717, 1.165) is 5.56 Å². The summed E-state index contributed by atoms with van der Waals surface area (Å²) in [6, 6.07) is 18.9. The highest BCUT2D eigenvalue weighted by Crippen LogP contribution is 2.36. The second-order valence-electron chi connectivity index (χ2n) is 7.56. The summed E-state index contributed by atoms with van der Waals surface area (Å²) in [5.74, 6) is 0.174. The van der Waals surface area contributed by atoms with Gasteiger partial charge in [-0.3, -0.25) is 0 Å². The third-order valence-corrected chi connectivity index (χ3v) is 7.70. The lowest BCUT2D eigenvalue weighted by molar-refractivity contribution is 0.136. The molecule has 4 rings (SSSR count). The summed E-state index contributed by atoms with van der Waals surface area (Å²) in [5.41, 5.74) is 2.38. The van der Waals surface area contributed by atoms with Gasteiger partial charge in [-0.05, 0) is 37.3 Å². The largest absolute Gasteiger partial charge is 0.482 e. The van der Waals surface area contributed by atoms with Crippen LogP contribution in [0.4, 0.5) is 5.69 Å². The van der Waals surface area contributed by atoms with Crippen molar-refractivity contribution in [2.75, 3.05) is 14.2 Å². The summed E-state index contributed by atoms with van der Waals surface area (Å²) in [5, 5.41) is 1.38. The number of methoxy groups -OCH3 is 2. The fraction of sp³-hybridized carbons (Fsp3) is 0.160. The van der Waals surface area contributed by atoms with Crippen molar-refractivity contribution in [1.29, 1.82) is 0 Å². The maximum atomic E-state index is 13.5. The first-order valence-electron chi connectivity index (χ1n) is 10.3. The van der Waals surface area contributed by atoms with Crippen molar-refractivity contribution < 1.29 is 17.9 Å². The molecule has 0 spiro atoms. The average Bonchev–Trinajstić information content (AvgIpc) is 3.21. The Bertz CT molecular complexity index is 1460. The molecular formula is C25H22Cl2N2O4S. The Kier molecular flexibility index (Phi) is 7.00. The number of fused-ring (bicyclic) bond motifs is 1. The van der Waals surface area contributed by atoms with Crippen LogP contribution in [0.3, 0.4) is 0 Å². The first-order valence-corrected chi connectivity index (χ1v) is 12.5. The number of nitrogens with zero attached hydrogens (tertiary/aromatic N) is 2. The van der Waals surface area contributed by atoms with Crippen LogP contribution in [0, 0.1) is 6.92 Å². The summed E-state index contributed by atoms with van der Waals surface area (Å²) in [6.07, 6.45) is 0.716. The normalized spacial score (nSPS) is 13.3. The molecule has 9 heteroatoms. The molecule has 0 aliphatic carbocycles. The Morgan fingerprint density at radius 1 is 0.941 bits per heavy atom. The van der Waals surface area contributed by atoms with Gasteiger partial charge in [0, 0.05) is 24.3 Å². The number of aromatic nitrogens is 1. The molecule has 1 atom stereocenters. The van der Waals surface area contributed by atoms with Crippen molar-refractivity contribution in [3.05, 3.63) is 94.1 Å². The Labute approximate surface area is 208 Å². The lowest BCUT2D eigenvalue weighted by Gasteiger charge is -2.17. The minimum atomic E-state index is -3.87. The maximum absolute atomic E-state index is 13.5. The molecule has 3 aromatic carbocycles. The highest BCUT2D eigenvalue weighted by atomic mass is 35.5. The molecule has 0 saturated carbocycles. The first kappa shape index (κ1) is 24.3. The summed E-state index contributed by atoms with van der Waals surface area (Å²) in [7, 11) is -0.920. The van der Waals surface area contributed by atoms with Crippen LogP contribution < -0.4 is 0 Å². The SMILES string of the molecule is COC(=Nc1c(Cl)cccc1Cl)C(OC)c1cn(S(=O)(=O)c2ccc(C)cc2)c2ccccc12. The van der Waals surface area contributed by atoms with Crippen molar-refractivity contribution in [2.24, 2.45) is 4.99 Å². The van der Waals surface area contributed by atoms with Crippen LogP contribution in [0.15, 0.2) is 82.8 Å². The monoisotopic (exact) mass is 516 g/mol. The zero-order chi connectivity index (χ0) is 24.5. The molecule has 0 aliphatic rings. The van der Waals surface area contributed by atoms with Gasteiger partial charge < -0.3 is 9.47 Å². The molecule has 0 amide bonds. The van der Waals surface area contributed by atoms with Gasteiger partial charge in [0.25, 0.3) is 10.0 Å². The van der Waals surface area contributed by atoms with Gasteiger partial charge in [-0.15, -0.1) is 0 Å². The van der Waals surface area contributed by atoms with Gasteiger partial charge in [0.05, 0.1) is 27.6 Å². The van der Waals surface area contributed by atoms with Crippen LogP contribution in [-0.2, 0) is 19.5 Å². The lowest BCUT2D eigenvalue weighted by atomic mass is 10.1. The van der Waals surface area contributed by atoms with Gasteiger partial charge >= 0.3 is 0 Å². The Morgan fingerprint density at radius 3 is 2.21 bits per heavy atom. The number of rotatable bonds is 6. The lowest BCUT2D eigenvalue weighted by Crippen LogP contribution is -2.17. The van der Waals surface area contributed by atoms with E-state index >= 15 is 0 Å². The number of hydrogen-bond donors (Lipinski definition) is 0. The molecule has 0 bridgehead atoms. The Morgan fingerprint density at radius 2 is 1.59 bits per heavy atom. The first-order chi connectivity index (χ1) is 16.3. The summed E-state index contributed by atoms with van der Waals surface area (Å²) >= 11 is 12.6. The van der Waals surface area contributed by atoms with E-state index in [1.807, 2.05) is 19.1 Å². The summed E-state index contributed by atoms with van der Waals surface area (Å²) < 4.78 is 39.6. The van der Waals surface area contributed by atoms with Crippen LogP contribution >= 0.6 is 23.2 Å². The van der Waals surface area contributed by atoms with Gasteiger partial charge in [-0.2, -0.15) is 0 Å². The topological polar surface area (TPSA) is 69.9 Å². The molecule has 0 aliphatic heterocycles. The molecule has 0 fully saturated rings. The summed E-state index contributed by atoms with van der Waals surface area (Å²) in [6.45, 7) is 1.90. The van der Waals surface area contributed by atoms with E-state index in [4.69, 9.17) is 32.7 Å². The van der Waals surface area contributed by atoms with Gasteiger partial charge in [-0.1, -0.05) is 65.2 Å². The second-order valence-corrected chi connectivity index (χ2v) is 10.2. The zero-order valence-electron chi connectivity index (χ0n) is 18.7. The van der Waals surface area contributed by atoms with Crippen LogP contribution in [0.1, 0.15) is 17.2 Å². The van der Waals surface area contributed by atoms with Gasteiger partial charge in [0.2, 0.25) is 5.90 Å². The molecule has 4 aromatic rings. The number of benzene rings is 3. The molecule has 0 N–H and O–H groups in total. The average molecular weight is 517 g/mol. The Hall–Kier alpha value is -2.84. The van der Waals surface area contributed by atoms with E-state index in [1.54, 1.807) is 54.6 Å². The molecule has 1 unspecified atom stereocenters. The van der Waals surface area contributed by atoms with Crippen molar-refractivity contribution in [1.82, 2.24) is 3.97 Å². The van der Waals surface area contributed by atoms with Gasteiger partial charge in [0.15, 0.2) is 6.10 Å². The molecular weight excluding hydrogens is 495 g/mol. The number of aryl methyl sites for hydroxylation is 1. The number of hydrogen-bond acceptors (Lipinski definition) is 5. The minimum Gasteiger partial charge on any atom is -0.482 e. The number of para-hydroxylation sites is 2. The minimum absolute atomic E-state index is 0.174. The third kappa shape index (κ3) is 4.44. The van der Waals surface area contributed by atoms with Crippen LogP contribution in [0.2, 0.25) is 10.0 Å². The molecule has 0 saturated heterocycles. The smallest absolute Gasteiger partial charge is 0.268 e. The van der Waals surface area contributed by atoms with E-state index in [1.165, 1.54) is 24.4 Å². The van der Waals surface area contributed by atoms with Crippen LogP contribution in [-0.4, -0.2) is 32.5 Å². The van der Waals surface area contributed by atoms with Gasteiger partial charge in [0.1, 0.15) is 5.69 Å². The Balaban J connectivity index is 1.90. The highest BCUT2D eigenvalue weighted by Gasteiger charge is 2.28. The highest BCUT2D eigenvalue weighted by molar-refractivity contribution is 7.90. The van der Waals surface area contributed by atoms with Crippen molar-refractivity contribution >= 4 is 55.7 Å². The molecule has 34 heavy (non-hydrogen) atoms. The van der Waals surface area contributed by atoms with Crippen molar-refractivity contribution in [3.63, 3.8) is 0 Å². The molecule has 0 radical (unpaired) electrons. The van der Waals surface area contributed by atoms with E-state index < -0.39 is 16.1 Å². The zero-order valence-corrected chi connectivity index (χ0v) is 21.0. The standard InChI is InChI=1S/C25H22Cl2N2O4S/c1-16-11-13-17(14-12-16)34(30,31)29-15-19(18-7-4-5-10-22(18)29)24(32-2)25(33-3)28-23-20(26)8-6-9-21(23)27/h4-15,24H,1-3H3. The van der Waals surface area contributed by atoms with E-state index in [-0.39, 0.29) is 10.8 Å². The third-order valence-electron chi connectivity index (χ3n) is 5.40. The number of halogens is 2. The molecule has 6 nitrogen and oxygen atoms in total. The molecule has 1 aromatic heterocycles. The fourth-order valence-electron chi connectivity index (χ4n) is 3.69. The maximum Gasteiger partial charge on any atom is 0.268 e. The van der Waals surface area contributed by atoms with Crippen LogP contribution in [0.5, 0.6) is 0 Å². The van der Waals surface area contributed by atoms with Gasteiger partial charge in [-0.25, -0.2) is 17.4 Å². The number of aliphatic imine (C=N–C) groups is 1. The predicted molar refractivity (Wildman–Crippen MR) is 136 cm³/mol. The van der Waals surface area contributed by atoms with E-state index in [9.17, 15) is 8.42 Å². The second kappa shape index (κ2) is 9.80. The van der Waals surface area contributed by atoms with Crippen molar-refractivity contribution in [3.8, 4) is 0 Å². The van der Waals surface area contributed by atoms with E-state index in [2.05, 4.69) is 4.99 Å². The predicted octanol–water partition coefficient (Wildman–Crippen LogP) is 6.56. The fourth-order valence-corrected chi connectivity index (χ4v) is 5.54. The number of ether oxygens (including phenoxy) is 2. The van der Waals surface area contributed by atoms with Crippen molar-refractivity contribution in [2.45, 2.75) is 17.9 Å². The molecule has 1 heterocycles. The summed E-state index contributed by atoms with van der Waals surface area (Å²) in [4.78, 5) is 4.70. The quantitative estimate of drug-likeness (QED) is 0.215. The van der Waals surface area contributed by atoms with Crippen LogP contribution in [0.25, 0.3) is 10.9 Å².